The largest absolute Gasteiger partial charge is 0.508 e. The Bertz CT molecular complexity index is 649. The van der Waals surface area contributed by atoms with E-state index >= 15 is 0 Å². The molecule has 0 saturated carbocycles. The van der Waals surface area contributed by atoms with Crippen LogP contribution in [0.15, 0.2) is 48.5 Å². The minimum Gasteiger partial charge on any atom is -0.508 e. The molecule has 1 aliphatic rings. The zero-order chi connectivity index (χ0) is 14.8. The summed E-state index contributed by atoms with van der Waals surface area (Å²) in [5.74, 6) is 0.226. The van der Waals surface area contributed by atoms with Gasteiger partial charge >= 0.3 is 0 Å². The van der Waals surface area contributed by atoms with Crippen LogP contribution in [0.25, 0.3) is 0 Å². The number of phenols is 1. The Morgan fingerprint density at radius 2 is 1.86 bits per heavy atom. The standard InChI is InChI=1S/C18H19NO2/c1-13-5-2-3-6-16(13)17-7-4-12-19(17)18(21)14-8-10-15(20)11-9-14/h2-3,5-6,8-11,17,20H,4,7,12H2,1H3. The van der Waals surface area contributed by atoms with Crippen LogP contribution in [0.1, 0.15) is 40.4 Å². The van der Waals surface area contributed by atoms with Crippen molar-refractivity contribution in [1.82, 2.24) is 4.90 Å². The van der Waals surface area contributed by atoms with Crippen LogP contribution in [0.5, 0.6) is 5.75 Å². The van der Waals surface area contributed by atoms with Gasteiger partial charge in [0.2, 0.25) is 0 Å². The summed E-state index contributed by atoms with van der Waals surface area (Å²) in [6.45, 7) is 2.88. The van der Waals surface area contributed by atoms with E-state index in [0.717, 1.165) is 19.4 Å². The molecule has 3 rings (SSSR count). The molecular weight excluding hydrogens is 262 g/mol. The summed E-state index contributed by atoms with van der Waals surface area (Å²) >= 11 is 0. The van der Waals surface area contributed by atoms with Gasteiger partial charge in [-0.25, -0.2) is 0 Å². The van der Waals surface area contributed by atoms with Gasteiger partial charge in [-0.2, -0.15) is 0 Å². The summed E-state index contributed by atoms with van der Waals surface area (Å²) in [6, 6.07) is 14.9. The number of aromatic hydroxyl groups is 1. The van der Waals surface area contributed by atoms with E-state index in [1.54, 1.807) is 24.3 Å². The molecule has 0 aliphatic carbocycles. The van der Waals surface area contributed by atoms with Gasteiger partial charge in [-0.3, -0.25) is 4.79 Å². The summed E-state index contributed by atoms with van der Waals surface area (Å²) in [6.07, 6.45) is 2.04. The highest BCUT2D eigenvalue weighted by Gasteiger charge is 2.31. The van der Waals surface area contributed by atoms with Crippen LogP contribution in [-0.4, -0.2) is 22.5 Å². The van der Waals surface area contributed by atoms with Crippen molar-refractivity contribution >= 4 is 5.91 Å². The molecule has 1 fully saturated rings. The van der Waals surface area contributed by atoms with E-state index in [9.17, 15) is 9.90 Å². The van der Waals surface area contributed by atoms with Crippen LogP contribution in [-0.2, 0) is 0 Å². The van der Waals surface area contributed by atoms with E-state index in [4.69, 9.17) is 0 Å². The molecule has 1 unspecified atom stereocenters. The second-order valence-corrected chi connectivity index (χ2v) is 5.56. The van der Waals surface area contributed by atoms with Crippen LogP contribution in [0.2, 0.25) is 0 Å². The van der Waals surface area contributed by atoms with Crippen LogP contribution in [0.3, 0.4) is 0 Å². The van der Waals surface area contributed by atoms with Crippen molar-refractivity contribution in [2.45, 2.75) is 25.8 Å². The number of nitrogens with zero attached hydrogens (tertiary/aromatic N) is 1. The lowest BCUT2D eigenvalue weighted by atomic mass is 9.99. The molecule has 1 aliphatic heterocycles. The molecule has 1 atom stereocenters. The van der Waals surface area contributed by atoms with E-state index in [2.05, 4.69) is 19.1 Å². The van der Waals surface area contributed by atoms with Crippen LogP contribution < -0.4 is 0 Å². The molecule has 1 saturated heterocycles. The molecule has 2 aromatic rings. The third-order valence-corrected chi connectivity index (χ3v) is 4.18. The Morgan fingerprint density at radius 3 is 2.57 bits per heavy atom. The molecule has 0 aromatic heterocycles. The summed E-state index contributed by atoms with van der Waals surface area (Å²) < 4.78 is 0. The van der Waals surface area contributed by atoms with E-state index in [1.807, 2.05) is 17.0 Å². The van der Waals surface area contributed by atoms with Gasteiger partial charge < -0.3 is 10.0 Å². The molecule has 0 radical (unpaired) electrons. The number of aryl methyl sites for hydroxylation is 1. The molecule has 0 bridgehead atoms. The Kier molecular flexibility index (Phi) is 3.65. The van der Waals surface area contributed by atoms with Crippen LogP contribution in [0.4, 0.5) is 0 Å². The molecule has 2 aromatic carbocycles. The van der Waals surface area contributed by atoms with Gasteiger partial charge in [0.05, 0.1) is 6.04 Å². The van der Waals surface area contributed by atoms with Crippen molar-refractivity contribution in [2.24, 2.45) is 0 Å². The van der Waals surface area contributed by atoms with Crippen molar-refractivity contribution in [3.05, 3.63) is 65.2 Å². The van der Waals surface area contributed by atoms with Gasteiger partial charge in [-0.1, -0.05) is 24.3 Å². The first-order chi connectivity index (χ1) is 10.2. The normalized spacial score (nSPS) is 18.0. The van der Waals surface area contributed by atoms with Crippen molar-refractivity contribution in [3.8, 4) is 5.75 Å². The number of hydrogen-bond donors (Lipinski definition) is 1. The highest BCUT2D eigenvalue weighted by atomic mass is 16.3. The number of amides is 1. The lowest BCUT2D eigenvalue weighted by molar-refractivity contribution is 0.0735. The minimum absolute atomic E-state index is 0.0424. The predicted octanol–water partition coefficient (Wildman–Crippen LogP) is 3.68. The second kappa shape index (κ2) is 5.60. The first kappa shape index (κ1) is 13.7. The summed E-state index contributed by atoms with van der Waals surface area (Å²) in [5, 5.41) is 9.35. The molecular formula is C18H19NO2. The maximum absolute atomic E-state index is 12.7. The van der Waals surface area contributed by atoms with Crippen molar-refractivity contribution in [3.63, 3.8) is 0 Å². The predicted molar refractivity (Wildman–Crippen MR) is 82.3 cm³/mol. The van der Waals surface area contributed by atoms with Gasteiger partial charge in [-0.05, 0) is 55.2 Å². The Hall–Kier alpha value is -2.29. The Morgan fingerprint density at radius 1 is 1.14 bits per heavy atom. The monoisotopic (exact) mass is 281 g/mol. The van der Waals surface area contributed by atoms with Gasteiger partial charge in [0.1, 0.15) is 5.75 Å². The SMILES string of the molecule is Cc1ccccc1C1CCCN1C(=O)c1ccc(O)cc1. The summed E-state index contributed by atoms with van der Waals surface area (Å²) in [7, 11) is 0. The zero-order valence-corrected chi connectivity index (χ0v) is 12.1. The average Bonchev–Trinajstić information content (AvgIpc) is 2.97. The summed E-state index contributed by atoms with van der Waals surface area (Å²) in [5.41, 5.74) is 3.10. The summed E-state index contributed by atoms with van der Waals surface area (Å²) in [4.78, 5) is 14.7. The topological polar surface area (TPSA) is 40.5 Å². The lowest BCUT2D eigenvalue weighted by Crippen LogP contribution is -2.30. The Balaban J connectivity index is 1.89. The second-order valence-electron chi connectivity index (χ2n) is 5.56. The number of hydrogen-bond acceptors (Lipinski definition) is 2. The number of carbonyl (C=O) groups is 1. The molecule has 3 heteroatoms. The maximum Gasteiger partial charge on any atom is 0.254 e. The van der Waals surface area contributed by atoms with Gasteiger partial charge in [0.25, 0.3) is 5.91 Å². The van der Waals surface area contributed by atoms with E-state index in [-0.39, 0.29) is 17.7 Å². The van der Waals surface area contributed by atoms with Gasteiger partial charge in [0, 0.05) is 12.1 Å². The van der Waals surface area contributed by atoms with Crippen LogP contribution >= 0.6 is 0 Å². The number of phenolic OH excluding ortho intramolecular Hbond substituents is 1. The number of carbonyl (C=O) groups excluding carboxylic acids is 1. The van der Waals surface area contributed by atoms with Gasteiger partial charge in [-0.15, -0.1) is 0 Å². The first-order valence-corrected chi connectivity index (χ1v) is 7.32. The van der Waals surface area contributed by atoms with Crippen molar-refractivity contribution < 1.29 is 9.90 Å². The third kappa shape index (κ3) is 2.64. The minimum atomic E-state index is 0.0424. The Labute approximate surface area is 124 Å². The molecule has 3 nitrogen and oxygen atoms in total. The highest BCUT2D eigenvalue weighted by molar-refractivity contribution is 5.94. The lowest BCUT2D eigenvalue weighted by Gasteiger charge is -2.26. The van der Waals surface area contributed by atoms with E-state index in [0.29, 0.717) is 5.56 Å². The van der Waals surface area contributed by atoms with Crippen molar-refractivity contribution in [1.29, 1.82) is 0 Å². The first-order valence-electron chi connectivity index (χ1n) is 7.32. The number of rotatable bonds is 2. The van der Waals surface area contributed by atoms with E-state index in [1.165, 1.54) is 11.1 Å². The molecule has 1 N–H and O–H groups in total. The smallest absolute Gasteiger partial charge is 0.254 e. The van der Waals surface area contributed by atoms with Crippen molar-refractivity contribution in [2.75, 3.05) is 6.54 Å². The van der Waals surface area contributed by atoms with E-state index < -0.39 is 0 Å². The van der Waals surface area contributed by atoms with Gasteiger partial charge in [0.15, 0.2) is 0 Å². The molecule has 1 heterocycles. The fraction of sp³-hybridized carbons (Fsp3) is 0.278. The maximum atomic E-state index is 12.7. The molecule has 0 spiro atoms. The number of benzene rings is 2. The zero-order valence-electron chi connectivity index (χ0n) is 12.1. The average molecular weight is 281 g/mol. The highest BCUT2D eigenvalue weighted by Crippen LogP contribution is 2.34. The fourth-order valence-corrected chi connectivity index (χ4v) is 3.06. The third-order valence-electron chi connectivity index (χ3n) is 4.18. The number of likely N-dealkylation sites (tertiary alicyclic amines) is 1. The van der Waals surface area contributed by atoms with Crippen LogP contribution in [0, 0.1) is 6.92 Å². The molecule has 21 heavy (non-hydrogen) atoms. The quantitative estimate of drug-likeness (QED) is 0.912. The molecule has 1 amide bonds. The fourth-order valence-electron chi connectivity index (χ4n) is 3.06. The molecule has 108 valence electrons.